The van der Waals surface area contributed by atoms with Crippen LogP contribution in [0.25, 0.3) is 0 Å². The molecule has 1 aromatic heterocycles. The molecule has 0 radical (unpaired) electrons. The van der Waals surface area contributed by atoms with Gasteiger partial charge in [0.05, 0.1) is 13.2 Å². The van der Waals surface area contributed by atoms with Gasteiger partial charge in [-0.15, -0.1) is 11.3 Å². The van der Waals surface area contributed by atoms with Gasteiger partial charge in [-0.2, -0.15) is 0 Å². The summed E-state index contributed by atoms with van der Waals surface area (Å²) in [6, 6.07) is 8.67. The van der Waals surface area contributed by atoms with Crippen LogP contribution < -0.4 is 14.8 Å². The van der Waals surface area contributed by atoms with Gasteiger partial charge in [-0.1, -0.05) is 13.0 Å². The van der Waals surface area contributed by atoms with E-state index in [1.54, 1.807) is 17.4 Å². The molecule has 2 heterocycles. The number of nitrogens with zero attached hydrogens (tertiary/aromatic N) is 1. The Morgan fingerprint density at radius 2 is 2.03 bits per heavy atom. The van der Waals surface area contributed by atoms with Gasteiger partial charge in [0.15, 0.2) is 0 Å². The molecule has 1 aliphatic heterocycles. The molecule has 0 bridgehead atoms. The number of nitrogens with one attached hydrogen (secondary N) is 2. The summed E-state index contributed by atoms with van der Waals surface area (Å²) in [4.78, 5) is 16.4. The number of hydrogen-bond donors (Lipinski definition) is 2. The Morgan fingerprint density at radius 1 is 1.30 bits per heavy atom. The third kappa shape index (κ3) is 5.21. The van der Waals surface area contributed by atoms with E-state index >= 15 is 0 Å². The Morgan fingerprint density at radius 3 is 2.63 bits per heavy atom. The summed E-state index contributed by atoms with van der Waals surface area (Å²) in [5.41, 5.74) is 0.279. The lowest BCUT2D eigenvalue weighted by Gasteiger charge is -2.36. The maximum Gasteiger partial charge on any atom is 0.251 e. The van der Waals surface area contributed by atoms with Crippen LogP contribution in [-0.2, 0) is 10.0 Å². The zero-order valence-electron chi connectivity index (χ0n) is 17.6. The van der Waals surface area contributed by atoms with E-state index in [9.17, 15) is 13.2 Å². The SMILES string of the molecule is CNS(=O)(=O)c1cc(C(=O)NCC(c2cccs2)N2CCC(C)CC2)ccc1OC. The van der Waals surface area contributed by atoms with Crippen molar-refractivity contribution in [1.29, 1.82) is 0 Å². The van der Waals surface area contributed by atoms with Gasteiger partial charge in [0, 0.05) is 17.0 Å². The van der Waals surface area contributed by atoms with Gasteiger partial charge in [-0.25, -0.2) is 13.1 Å². The van der Waals surface area contributed by atoms with Crippen LogP contribution in [0.3, 0.4) is 0 Å². The van der Waals surface area contributed by atoms with Gasteiger partial charge in [-0.3, -0.25) is 9.69 Å². The smallest absolute Gasteiger partial charge is 0.251 e. The highest BCUT2D eigenvalue weighted by molar-refractivity contribution is 7.89. The number of methoxy groups -OCH3 is 1. The zero-order valence-corrected chi connectivity index (χ0v) is 19.2. The summed E-state index contributed by atoms with van der Waals surface area (Å²) >= 11 is 1.69. The van der Waals surface area contributed by atoms with Crippen LogP contribution in [0.2, 0.25) is 0 Å². The van der Waals surface area contributed by atoms with Gasteiger partial charge in [0.2, 0.25) is 10.0 Å². The van der Waals surface area contributed by atoms with Crippen molar-refractivity contribution < 1.29 is 17.9 Å². The van der Waals surface area contributed by atoms with Crippen LogP contribution in [0.15, 0.2) is 40.6 Å². The molecule has 30 heavy (non-hydrogen) atoms. The van der Waals surface area contributed by atoms with Crippen molar-refractivity contribution in [2.45, 2.75) is 30.7 Å². The fraction of sp³-hybridized carbons (Fsp3) is 0.476. The van der Waals surface area contributed by atoms with Gasteiger partial charge in [0.1, 0.15) is 10.6 Å². The molecule has 2 N–H and O–H groups in total. The van der Waals surface area contributed by atoms with Crippen molar-refractivity contribution in [1.82, 2.24) is 14.9 Å². The Bertz CT molecular complexity index is 953. The third-order valence-electron chi connectivity index (χ3n) is 5.57. The highest BCUT2D eigenvalue weighted by Gasteiger charge is 2.26. The molecule has 9 heteroatoms. The number of carbonyl (C=O) groups is 1. The van der Waals surface area contributed by atoms with Crippen molar-refractivity contribution in [3.05, 3.63) is 46.2 Å². The van der Waals surface area contributed by atoms with Crippen molar-refractivity contribution >= 4 is 27.3 Å². The molecule has 1 amide bonds. The normalized spacial score (nSPS) is 16.9. The topological polar surface area (TPSA) is 87.7 Å². The Kier molecular flexibility index (Phi) is 7.51. The fourth-order valence-corrected chi connectivity index (χ4v) is 5.44. The monoisotopic (exact) mass is 451 g/mol. The molecule has 0 spiro atoms. The molecule has 1 saturated heterocycles. The summed E-state index contributed by atoms with van der Waals surface area (Å²) in [5.74, 6) is 0.614. The largest absolute Gasteiger partial charge is 0.495 e. The Hall–Kier alpha value is -1.94. The first-order valence-electron chi connectivity index (χ1n) is 10.0. The molecule has 1 atom stereocenters. The molecule has 0 aliphatic carbocycles. The highest BCUT2D eigenvalue weighted by Crippen LogP contribution is 2.29. The number of thiophene rings is 1. The summed E-state index contributed by atoms with van der Waals surface area (Å²) in [6.45, 7) is 4.76. The van der Waals surface area contributed by atoms with E-state index < -0.39 is 10.0 Å². The first-order valence-corrected chi connectivity index (χ1v) is 12.4. The second-order valence-electron chi connectivity index (χ2n) is 7.53. The van der Waals surface area contributed by atoms with E-state index in [0.717, 1.165) is 31.8 Å². The lowest BCUT2D eigenvalue weighted by molar-refractivity contribution is 0.0914. The average Bonchev–Trinajstić information content (AvgIpc) is 3.29. The lowest BCUT2D eigenvalue weighted by Crippen LogP contribution is -2.41. The summed E-state index contributed by atoms with van der Waals surface area (Å²) in [5, 5.41) is 5.05. The predicted octanol–water partition coefficient (Wildman–Crippen LogP) is 2.87. The zero-order chi connectivity index (χ0) is 21.7. The van der Waals surface area contributed by atoms with E-state index in [1.807, 2.05) is 6.07 Å². The van der Waals surface area contributed by atoms with E-state index in [2.05, 4.69) is 33.3 Å². The molecular weight excluding hydrogens is 422 g/mol. The third-order valence-corrected chi connectivity index (χ3v) is 7.98. The highest BCUT2D eigenvalue weighted by atomic mass is 32.2. The number of benzene rings is 1. The molecule has 2 aromatic rings. The first-order chi connectivity index (χ1) is 14.4. The van der Waals surface area contributed by atoms with Crippen molar-refractivity contribution in [3.63, 3.8) is 0 Å². The molecule has 1 unspecified atom stereocenters. The minimum absolute atomic E-state index is 0.0556. The number of hydrogen-bond acceptors (Lipinski definition) is 6. The second-order valence-corrected chi connectivity index (χ2v) is 10.4. The number of piperidine rings is 1. The second kappa shape index (κ2) is 9.91. The van der Waals surface area contributed by atoms with Crippen LogP contribution in [-0.4, -0.2) is 53.0 Å². The average molecular weight is 452 g/mol. The maximum atomic E-state index is 12.8. The van der Waals surface area contributed by atoms with Crippen LogP contribution in [0.1, 0.15) is 41.0 Å². The van der Waals surface area contributed by atoms with E-state index in [4.69, 9.17) is 4.74 Å². The molecule has 164 valence electrons. The van der Waals surface area contributed by atoms with Gasteiger partial charge < -0.3 is 10.1 Å². The van der Waals surface area contributed by atoms with Crippen molar-refractivity contribution in [2.75, 3.05) is 33.8 Å². The molecule has 0 saturated carbocycles. The van der Waals surface area contributed by atoms with E-state index in [-0.39, 0.29) is 28.2 Å². The van der Waals surface area contributed by atoms with Gasteiger partial charge >= 0.3 is 0 Å². The van der Waals surface area contributed by atoms with Crippen molar-refractivity contribution in [3.8, 4) is 5.75 Å². The molecule has 1 aliphatic rings. The van der Waals surface area contributed by atoms with Crippen LogP contribution in [0, 0.1) is 5.92 Å². The molecule has 1 fully saturated rings. The maximum absolute atomic E-state index is 12.8. The molecule has 1 aromatic carbocycles. The van der Waals surface area contributed by atoms with Crippen LogP contribution in [0.4, 0.5) is 0 Å². The molecule has 3 rings (SSSR count). The standard InChI is InChI=1S/C21H29N3O4S2/c1-15-8-10-24(11-9-15)17(19-5-4-12-29-19)14-23-21(25)16-6-7-18(28-3)20(13-16)30(26,27)22-2/h4-7,12-13,15,17,22H,8-11,14H2,1-3H3,(H,23,25). The number of ether oxygens (including phenoxy) is 1. The fourth-order valence-electron chi connectivity index (χ4n) is 3.66. The number of likely N-dealkylation sites (tertiary alicyclic amines) is 1. The number of carbonyl (C=O) groups excluding carboxylic acids is 1. The Balaban J connectivity index is 1.76. The minimum Gasteiger partial charge on any atom is -0.495 e. The van der Waals surface area contributed by atoms with Crippen LogP contribution >= 0.6 is 11.3 Å². The summed E-state index contributed by atoms with van der Waals surface area (Å²) in [6.07, 6.45) is 2.30. The molecular formula is C21H29N3O4S2. The van der Waals surface area contributed by atoms with Crippen molar-refractivity contribution in [2.24, 2.45) is 5.92 Å². The molecule has 7 nitrogen and oxygen atoms in total. The summed E-state index contributed by atoms with van der Waals surface area (Å²) in [7, 11) is -1.02. The number of amides is 1. The first kappa shape index (κ1) is 22.7. The lowest BCUT2D eigenvalue weighted by atomic mass is 9.97. The van der Waals surface area contributed by atoms with E-state index in [1.165, 1.54) is 31.2 Å². The quantitative estimate of drug-likeness (QED) is 0.644. The van der Waals surface area contributed by atoms with Gasteiger partial charge in [-0.05, 0) is 68.5 Å². The number of sulfonamides is 1. The summed E-state index contributed by atoms with van der Waals surface area (Å²) < 4.78 is 32.0. The van der Waals surface area contributed by atoms with Crippen LogP contribution in [0.5, 0.6) is 5.75 Å². The number of rotatable bonds is 8. The van der Waals surface area contributed by atoms with E-state index in [0.29, 0.717) is 6.54 Å². The minimum atomic E-state index is -3.75. The Labute approximate surface area is 182 Å². The predicted molar refractivity (Wildman–Crippen MR) is 119 cm³/mol. The van der Waals surface area contributed by atoms with Gasteiger partial charge in [0.25, 0.3) is 5.91 Å².